The van der Waals surface area contributed by atoms with Gasteiger partial charge in [-0.3, -0.25) is 9.89 Å². The number of nitrogens with zero attached hydrogens (tertiary/aromatic N) is 3. The molecule has 0 saturated carbocycles. The van der Waals surface area contributed by atoms with Crippen LogP contribution in [0.3, 0.4) is 0 Å². The van der Waals surface area contributed by atoms with Crippen molar-refractivity contribution >= 4 is 5.91 Å². The topological polar surface area (TPSA) is 86.9 Å². The Morgan fingerprint density at radius 1 is 1.33 bits per heavy atom. The Kier molecular flexibility index (Phi) is 4.72. The van der Waals surface area contributed by atoms with E-state index in [9.17, 15) is 4.79 Å². The van der Waals surface area contributed by atoms with Gasteiger partial charge in [0.2, 0.25) is 0 Å². The maximum Gasteiger partial charge on any atom is 0.253 e. The number of amides is 1. The number of hydrogen-bond acceptors (Lipinski definition) is 4. The zero-order valence-corrected chi connectivity index (χ0v) is 13.6. The molecule has 0 bridgehead atoms. The number of H-pyrrole nitrogens is 2. The monoisotopic (exact) mass is 325 g/mol. The van der Waals surface area contributed by atoms with Gasteiger partial charge in [-0.25, -0.2) is 4.98 Å². The van der Waals surface area contributed by atoms with Crippen LogP contribution >= 0.6 is 0 Å². The predicted octanol–water partition coefficient (Wildman–Crippen LogP) is 2.22. The zero-order valence-electron chi connectivity index (χ0n) is 13.6. The molecule has 0 radical (unpaired) electrons. The number of rotatable bonds is 6. The van der Waals surface area contributed by atoms with Crippen LogP contribution in [0.1, 0.15) is 21.7 Å². The number of imidazole rings is 1. The molecule has 0 aliphatic rings. The highest BCUT2D eigenvalue weighted by atomic mass is 16.5. The van der Waals surface area contributed by atoms with Gasteiger partial charge in [0.05, 0.1) is 24.5 Å². The molecule has 0 fully saturated rings. The summed E-state index contributed by atoms with van der Waals surface area (Å²) in [5.74, 6) is 0.677. The van der Waals surface area contributed by atoms with Crippen molar-refractivity contribution in [3.8, 4) is 11.4 Å². The zero-order chi connectivity index (χ0) is 16.9. The van der Waals surface area contributed by atoms with Crippen LogP contribution in [0.4, 0.5) is 0 Å². The van der Waals surface area contributed by atoms with Crippen molar-refractivity contribution in [2.24, 2.45) is 0 Å². The summed E-state index contributed by atoms with van der Waals surface area (Å²) in [6.45, 7) is 0.889. The normalized spacial score (nSPS) is 10.8. The van der Waals surface area contributed by atoms with E-state index in [1.54, 1.807) is 37.5 Å². The molecule has 2 heterocycles. The third kappa shape index (κ3) is 3.52. The molecule has 1 aromatic carbocycles. The Bertz CT molecular complexity index is 810. The van der Waals surface area contributed by atoms with E-state index in [4.69, 9.17) is 4.74 Å². The van der Waals surface area contributed by atoms with Gasteiger partial charge >= 0.3 is 0 Å². The summed E-state index contributed by atoms with van der Waals surface area (Å²) < 4.78 is 5.04. The summed E-state index contributed by atoms with van der Waals surface area (Å²) in [4.78, 5) is 21.5. The van der Waals surface area contributed by atoms with Gasteiger partial charge in [0.25, 0.3) is 5.91 Å². The van der Waals surface area contributed by atoms with Crippen LogP contribution in [0.5, 0.6) is 0 Å². The van der Waals surface area contributed by atoms with Crippen LogP contribution in [-0.4, -0.2) is 45.1 Å². The van der Waals surface area contributed by atoms with Crippen molar-refractivity contribution in [2.45, 2.75) is 13.2 Å². The molecule has 0 spiro atoms. The number of hydrogen-bond donors (Lipinski definition) is 2. The number of methoxy groups -OCH3 is 1. The first kappa shape index (κ1) is 15.9. The number of ether oxygens (including phenoxy) is 1. The predicted molar refractivity (Wildman–Crippen MR) is 89.1 cm³/mol. The highest BCUT2D eigenvalue weighted by Crippen LogP contribution is 2.17. The van der Waals surface area contributed by atoms with E-state index in [1.807, 2.05) is 24.3 Å². The highest BCUT2D eigenvalue weighted by Gasteiger charge is 2.14. The molecular weight excluding hydrogens is 306 g/mol. The Hall–Kier alpha value is -2.93. The van der Waals surface area contributed by atoms with E-state index in [0.29, 0.717) is 18.7 Å². The minimum absolute atomic E-state index is 0.0636. The minimum Gasteiger partial charge on any atom is -0.378 e. The van der Waals surface area contributed by atoms with Gasteiger partial charge in [-0.2, -0.15) is 5.10 Å². The molecule has 3 aromatic rings. The van der Waals surface area contributed by atoms with Crippen molar-refractivity contribution in [3.05, 3.63) is 59.7 Å². The lowest BCUT2D eigenvalue weighted by Gasteiger charge is -2.16. The highest BCUT2D eigenvalue weighted by molar-refractivity contribution is 5.95. The number of benzene rings is 1. The molecule has 1 amide bonds. The maximum atomic E-state index is 12.6. The average molecular weight is 325 g/mol. The van der Waals surface area contributed by atoms with Crippen LogP contribution in [0.2, 0.25) is 0 Å². The van der Waals surface area contributed by atoms with Gasteiger partial charge in [-0.05, 0) is 18.2 Å². The summed E-state index contributed by atoms with van der Waals surface area (Å²) in [6.07, 6.45) is 3.44. The van der Waals surface area contributed by atoms with Crippen molar-refractivity contribution in [3.63, 3.8) is 0 Å². The van der Waals surface area contributed by atoms with E-state index >= 15 is 0 Å². The first-order valence-corrected chi connectivity index (χ1v) is 7.54. The first-order chi connectivity index (χ1) is 11.7. The van der Waals surface area contributed by atoms with E-state index in [1.165, 1.54) is 0 Å². The molecule has 0 aliphatic heterocycles. The molecular formula is C17H19N5O2. The first-order valence-electron chi connectivity index (χ1n) is 7.54. The lowest BCUT2D eigenvalue weighted by atomic mass is 10.1. The van der Waals surface area contributed by atoms with E-state index < -0.39 is 0 Å². The molecule has 124 valence electrons. The smallest absolute Gasteiger partial charge is 0.253 e. The van der Waals surface area contributed by atoms with Crippen molar-refractivity contribution in [1.82, 2.24) is 25.1 Å². The molecule has 0 saturated heterocycles. The second-order valence-corrected chi connectivity index (χ2v) is 5.50. The van der Waals surface area contributed by atoms with Gasteiger partial charge in [0.1, 0.15) is 5.82 Å². The van der Waals surface area contributed by atoms with Gasteiger partial charge < -0.3 is 14.6 Å². The number of aromatic nitrogens is 4. The summed E-state index contributed by atoms with van der Waals surface area (Å²) in [6, 6.07) is 9.30. The maximum absolute atomic E-state index is 12.6. The van der Waals surface area contributed by atoms with E-state index in [0.717, 1.165) is 22.8 Å². The quantitative estimate of drug-likeness (QED) is 0.727. The third-order valence-electron chi connectivity index (χ3n) is 3.61. The molecule has 3 rings (SSSR count). The Morgan fingerprint density at radius 2 is 2.21 bits per heavy atom. The standard InChI is InChI=1S/C17H19N5O2/c1-22(10-14-9-15(11-24-2)21-20-14)17(23)13-5-3-4-12(8-13)16-18-6-7-19-16/h3-9H,10-11H2,1-2H3,(H,18,19)(H,20,21). The number of aromatic amines is 2. The fourth-order valence-corrected chi connectivity index (χ4v) is 2.48. The van der Waals surface area contributed by atoms with Gasteiger partial charge in [-0.15, -0.1) is 0 Å². The van der Waals surface area contributed by atoms with Gasteiger partial charge in [0.15, 0.2) is 0 Å². The van der Waals surface area contributed by atoms with E-state index in [-0.39, 0.29) is 5.91 Å². The molecule has 0 atom stereocenters. The lowest BCUT2D eigenvalue weighted by Crippen LogP contribution is -2.26. The molecule has 2 aromatic heterocycles. The molecule has 0 unspecified atom stereocenters. The lowest BCUT2D eigenvalue weighted by molar-refractivity contribution is 0.0783. The summed E-state index contributed by atoms with van der Waals surface area (Å²) in [7, 11) is 3.38. The Morgan fingerprint density at radius 3 is 2.96 bits per heavy atom. The summed E-state index contributed by atoms with van der Waals surface area (Å²) in [5.41, 5.74) is 3.17. The second kappa shape index (κ2) is 7.10. The van der Waals surface area contributed by atoms with Crippen LogP contribution in [0.15, 0.2) is 42.7 Å². The van der Waals surface area contributed by atoms with Crippen LogP contribution in [0.25, 0.3) is 11.4 Å². The number of nitrogens with one attached hydrogen (secondary N) is 2. The second-order valence-electron chi connectivity index (χ2n) is 5.50. The molecule has 2 N–H and O–H groups in total. The fourth-order valence-electron chi connectivity index (χ4n) is 2.48. The minimum atomic E-state index is -0.0636. The Balaban J connectivity index is 1.72. The third-order valence-corrected chi connectivity index (χ3v) is 3.61. The molecule has 7 nitrogen and oxygen atoms in total. The largest absolute Gasteiger partial charge is 0.378 e. The van der Waals surface area contributed by atoms with Crippen LogP contribution in [0, 0.1) is 0 Å². The van der Waals surface area contributed by atoms with Crippen LogP contribution < -0.4 is 0 Å². The van der Waals surface area contributed by atoms with Crippen molar-refractivity contribution < 1.29 is 9.53 Å². The summed E-state index contributed by atoms with van der Waals surface area (Å²) >= 11 is 0. The Labute approximate surface area is 139 Å². The van der Waals surface area contributed by atoms with Gasteiger partial charge in [0, 0.05) is 37.7 Å². The molecule has 0 aliphatic carbocycles. The fraction of sp³-hybridized carbons (Fsp3) is 0.235. The summed E-state index contributed by atoms with van der Waals surface area (Å²) in [5, 5.41) is 7.06. The molecule has 24 heavy (non-hydrogen) atoms. The van der Waals surface area contributed by atoms with Crippen LogP contribution in [-0.2, 0) is 17.9 Å². The average Bonchev–Trinajstić information content (AvgIpc) is 3.27. The van der Waals surface area contributed by atoms with Gasteiger partial charge in [-0.1, -0.05) is 12.1 Å². The van der Waals surface area contributed by atoms with Crippen molar-refractivity contribution in [2.75, 3.05) is 14.2 Å². The molecule has 7 heteroatoms. The van der Waals surface area contributed by atoms with Crippen molar-refractivity contribution in [1.29, 1.82) is 0 Å². The van der Waals surface area contributed by atoms with E-state index in [2.05, 4.69) is 20.2 Å². The number of carbonyl (C=O) groups excluding carboxylic acids is 1. The SMILES string of the molecule is COCc1cc(CN(C)C(=O)c2cccc(-c3ncc[nH]3)c2)[nH]n1. The number of carbonyl (C=O) groups is 1.